The molecule has 0 aromatic carbocycles. The number of carbonyl (C=O) groups is 2. The van der Waals surface area contributed by atoms with Gasteiger partial charge in [0.25, 0.3) is 0 Å². The van der Waals surface area contributed by atoms with Gasteiger partial charge in [0.2, 0.25) is 17.7 Å². The molecule has 2 rings (SSSR count). The van der Waals surface area contributed by atoms with Crippen LogP contribution < -0.4 is 5.32 Å². The number of amides is 2. The molecular formula is C20H35N5O3. The van der Waals surface area contributed by atoms with E-state index in [1.165, 1.54) is 6.92 Å². The minimum Gasteiger partial charge on any atom is -0.345 e. The highest BCUT2D eigenvalue weighted by atomic mass is 16.5. The molecule has 1 aliphatic rings. The minimum atomic E-state index is -0.449. The van der Waals surface area contributed by atoms with Crippen LogP contribution in [0.15, 0.2) is 4.52 Å². The van der Waals surface area contributed by atoms with E-state index >= 15 is 0 Å². The molecule has 158 valence electrons. The molecule has 1 fully saturated rings. The van der Waals surface area contributed by atoms with Gasteiger partial charge in [0.15, 0.2) is 5.82 Å². The quantitative estimate of drug-likeness (QED) is 0.794. The fourth-order valence-corrected chi connectivity index (χ4v) is 3.33. The van der Waals surface area contributed by atoms with Gasteiger partial charge in [-0.25, -0.2) is 0 Å². The Labute approximate surface area is 168 Å². The van der Waals surface area contributed by atoms with Crippen LogP contribution in [0.2, 0.25) is 0 Å². The first-order chi connectivity index (χ1) is 13.1. The maximum atomic E-state index is 13.0. The van der Waals surface area contributed by atoms with Crippen molar-refractivity contribution in [3.05, 3.63) is 11.7 Å². The van der Waals surface area contributed by atoms with Crippen LogP contribution in [0.25, 0.3) is 0 Å². The monoisotopic (exact) mass is 393 g/mol. The van der Waals surface area contributed by atoms with E-state index in [-0.39, 0.29) is 17.2 Å². The van der Waals surface area contributed by atoms with Crippen LogP contribution in [-0.4, -0.2) is 64.0 Å². The Morgan fingerprint density at radius 2 is 1.89 bits per heavy atom. The van der Waals surface area contributed by atoms with Gasteiger partial charge in [0.1, 0.15) is 6.04 Å². The van der Waals surface area contributed by atoms with Crippen molar-refractivity contribution < 1.29 is 14.1 Å². The topological polar surface area (TPSA) is 91.6 Å². The molecule has 2 heterocycles. The lowest BCUT2D eigenvalue weighted by Gasteiger charge is -2.27. The highest BCUT2D eigenvalue weighted by Crippen LogP contribution is 2.20. The second-order valence-electron chi connectivity index (χ2n) is 9.10. The van der Waals surface area contributed by atoms with Gasteiger partial charge in [0.05, 0.1) is 6.54 Å². The fraction of sp³-hybridized carbons (Fsp3) is 0.800. The highest BCUT2D eigenvalue weighted by Gasteiger charge is 2.28. The summed E-state index contributed by atoms with van der Waals surface area (Å²) in [5.41, 5.74) is -0.164. The van der Waals surface area contributed by atoms with Crippen molar-refractivity contribution in [3.8, 4) is 0 Å². The van der Waals surface area contributed by atoms with E-state index in [2.05, 4.69) is 34.2 Å². The Hall–Kier alpha value is -1.96. The summed E-state index contributed by atoms with van der Waals surface area (Å²) in [6.07, 6.45) is 1.53. The van der Waals surface area contributed by atoms with Crippen LogP contribution in [-0.2, 0) is 21.5 Å². The Bertz CT molecular complexity index is 665. The molecule has 0 saturated carbocycles. The van der Waals surface area contributed by atoms with Crippen LogP contribution in [0.3, 0.4) is 0 Å². The van der Waals surface area contributed by atoms with E-state index < -0.39 is 6.04 Å². The molecule has 2 amide bonds. The normalized spacial score (nSPS) is 17.5. The molecule has 8 heteroatoms. The summed E-state index contributed by atoms with van der Waals surface area (Å²) in [4.78, 5) is 33.1. The van der Waals surface area contributed by atoms with Gasteiger partial charge in [-0.3, -0.25) is 14.5 Å². The van der Waals surface area contributed by atoms with Gasteiger partial charge >= 0.3 is 0 Å². The molecule has 1 atom stereocenters. The van der Waals surface area contributed by atoms with Crippen LogP contribution >= 0.6 is 0 Å². The highest BCUT2D eigenvalue weighted by molar-refractivity contribution is 5.86. The Balaban J connectivity index is 1.95. The summed E-state index contributed by atoms with van der Waals surface area (Å²) >= 11 is 0. The molecule has 1 aromatic rings. The van der Waals surface area contributed by atoms with Gasteiger partial charge in [-0.1, -0.05) is 39.8 Å². The maximum Gasteiger partial charge on any atom is 0.245 e. The predicted octanol–water partition coefficient (Wildman–Crippen LogP) is 1.95. The summed E-state index contributed by atoms with van der Waals surface area (Å²) in [7, 11) is 0. The summed E-state index contributed by atoms with van der Waals surface area (Å²) in [6.45, 7) is 15.3. The van der Waals surface area contributed by atoms with E-state index in [9.17, 15) is 9.59 Å². The number of carbonyl (C=O) groups excluding carboxylic acids is 2. The first-order valence-electron chi connectivity index (χ1n) is 10.2. The van der Waals surface area contributed by atoms with Crippen LogP contribution in [0.5, 0.6) is 0 Å². The smallest absolute Gasteiger partial charge is 0.245 e. The van der Waals surface area contributed by atoms with Gasteiger partial charge < -0.3 is 14.7 Å². The molecule has 1 aliphatic heterocycles. The van der Waals surface area contributed by atoms with Crippen molar-refractivity contribution in [1.82, 2.24) is 25.3 Å². The summed E-state index contributed by atoms with van der Waals surface area (Å²) in [6, 6.07) is -0.449. The second-order valence-corrected chi connectivity index (χ2v) is 9.10. The third-order valence-corrected chi connectivity index (χ3v) is 4.76. The summed E-state index contributed by atoms with van der Waals surface area (Å²) in [5.74, 6) is 1.50. The number of aromatic nitrogens is 2. The molecule has 28 heavy (non-hydrogen) atoms. The van der Waals surface area contributed by atoms with Crippen LogP contribution in [0.4, 0.5) is 0 Å². The summed E-state index contributed by atoms with van der Waals surface area (Å²) in [5, 5.41) is 6.92. The van der Waals surface area contributed by atoms with Crippen molar-refractivity contribution in [2.45, 2.75) is 72.4 Å². The van der Waals surface area contributed by atoms with E-state index in [4.69, 9.17) is 4.52 Å². The van der Waals surface area contributed by atoms with Gasteiger partial charge in [-0.15, -0.1) is 0 Å². The average molecular weight is 394 g/mol. The number of hydrogen-bond donors (Lipinski definition) is 1. The van der Waals surface area contributed by atoms with Crippen molar-refractivity contribution >= 4 is 11.8 Å². The van der Waals surface area contributed by atoms with Gasteiger partial charge in [-0.05, 0) is 18.8 Å². The number of rotatable bonds is 6. The molecule has 0 unspecified atom stereocenters. The van der Waals surface area contributed by atoms with Gasteiger partial charge in [-0.2, -0.15) is 4.98 Å². The molecule has 0 radical (unpaired) electrons. The number of hydrogen-bond acceptors (Lipinski definition) is 6. The summed E-state index contributed by atoms with van der Waals surface area (Å²) < 4.78 is 5.37. The zero-order chi connectivity index (χ0) is 20.9. The molecule has 1 aromatic heterocycles. The number of nitrogens with zero attached hydrogens (tertiary/aromatic N) is 4. The van der Waals surface area contributed by atoms with Crippen molar-refractivity contribution in [2.24, 2.45) is 5.92 Å². The lowest BCUT2D eigenvalue weighted by atomic mass is 9.97. The Morgan fingerprint density at radius 1 is 1.18 bits per heavy atom. The third kappa shape index (κ3) is 6.58. The van der Waals surface area contributed by atoms with E-state index in [1.54, 1.807) is 0 Å². The van der Waals surface area contributed by atoms with E-state index in [1.807, 2.05) is 25.7 Å². The molecule has 1 saturated heterocycles. The molecule has 0 spiro atoms. The van der Waals surface area contributed by atoms with Crippen molar-refractivity contribution in [2.75, 3.05) is 26.2 Å². The second kappa shape index (κ2) is 9.49. The Kier molecular flexibility index (Phi) is 7.57. The first kappa shape index (κ1) is 22.3. The SMILES string of the molecule is CC(=O)N[C@@H](CC(C)C)C(=O)N1CCCN(Cc2noc(C(C)(C)C)n2)CC1. The molecule has 8 nitrogen and oxygen atoms in total. The number of nitrogens with one attached hydrogen (secondary N) is 1. The standard InChI is InChI=1S/C20H35N5O3/c1-14(2)12-16(21-15(3)26)18(27)25-9-7-8-24(10-11-25)13-17-22-19(28-23-17)20(4,5)6/h14,16H,7-13H2,1-6H3,(H,21,26)/t16-/m0/s1. The van der Waals surface area contributed by atoms with E-state index in [0.717, 1.165) is 19.5 Å². The fourth-order valence-electron chi connectivity index (χ4n) is 3.33. The predicted molar refractivity (Wildman–Crippen MR) is 107 cm³/mol. The molecule has 0 bridgehead atoms. The largest absolute Gasteiger partial charge is 0.345 e. The maximum absolute atomic E-state index is 13.0. The third-order valence-electron chi connectivity index (χ3n) is 4.76. The zero-order valence-electron chi connectivity index (χ0n) is 18.1. The van der Waals surface area contributed by atoms with Crippen molar-refractivity contribution in [1.29, 1.82) is 0 Å². The lowest BCUT2D eigenvalue weighted by Crippen LogP contribution is -2.49. The zero-order valence-corrected chi connectivity index (χ0v) is 18.1. The minimum absolute atomic E-state index is 0.0142. The van der Waals surface area contributed by atoms with E-state index in [0.29, 0.717) is 43.7 Å². The van der Waals surface area contributed by atoms with Crippen LogP contribution in [0, 0.1) is 5.92 Å². The lowest BCUT2D eigenvalue weighted by molar-refractivity contribution is -0.136. The molecular weight excluding hydrogens is 358 g/mol. The molecule has 1 N–H and O–H groups in total. The van der Waals surface area contributed by atoms with Crippen molar-refractivity contribution in [3.63, 3.8) is 0 Å². The Morgan fingerprint density at radius 3 is 2.46 bits per heavy atom. The van der Waals surface area contributed by atoms with Gasteiger partial charge in [0, 0.05) is 38.5 Å². The van der Waals surface area contributed by atoms with Crippen LogP contribution in [0.1, 0.15) is 66.1 Å². The average Bonchev–Trinajstić information content (AvgIpc) is 2.92. The molecule has 0 aliphatic carbocycles. The first-order valence-corrected chi connectivity index (χ1v) is 10.2.